The summed E-state index contributed by atoms with van der Waals surface area (Å²) in [6.45, 7) is 1.92. The van der Waals surface area contributed by atoms with Crippen LogP contribution in [0, 0.1) is 12.7 Å². The number of hydrogen-bond acceptors (Lipinski definition) is 4. The molecular weight excluding hydrogens is 267 g/mol. The average molecular weight is 282 g/mol. The van der Waals surface area contributed by atoms with Gasteiger partial charge in [0.2, 0.25) is 5.95 Å². The van der Waals surface area contributed by atoms with Crippen LogP contribution in [-0.4, -0.2) is 17.0 Å². The molecule has 21 heavy (non-hydrogen) atoms. The van der Waals surface area contributed by atoms with Crippen LogP contribution in [0.3, 0.4) is 0 Å². The Kier molecular flexibility index (Phi) is 3.39. The van der Waals surface area contributed by atoms with Crippen molar-refractivity contribution in [2.45, 2.75) is 6.92 Å². The van der Waals surface area contributed by atoms with Gasteiger partial charge >= 0.3 is 0 Å². The summed E-state index contributed by atoms with van der Waals surface area (Å²) in [6.07, 6.45) is 0. The third-order valence-electron chi connectivity index (χ3n) is 3.28. The number of benzene rings is 2. The van der Waals surface area contributed by atoms with Gasteiger partial charge in [0.05, 0.1) is 5.52 Å². The molecule has 0 aliphatic heterocycles. The van der Waals surface area contributed by atoms with E-state index < -0.39 is 0 Å². The van der Waals surface area contributed by atoms with Crippen LogP contribution in [0.5, 0.6) is 0 Å². The zero-order chi connectivity index (χ0) is 14.8. The topological polar surface area (TPSA) is 49.8 Å². The Balaban J connectivity index is 2.13. The largest absolute Gasteiger partial charge is 0.357 e. The molecule has 3 rings (SSSR count). The van der Waals surface area contributed by atoms with E-state index in [1.807, 2.05) is 31.2 Å². The van der Waals surface area contributed by atoms with Gasteiger partial charge in [-0.2, -0.15) is 4.98 Å². The van der Waals surface area contributed by atoms with E-state index in [-0.39, 0.29) is 5.82 Å². The molecule has 1 aromatic heterocycles. The molecule has 0 spiro atoms. The Morgan fingerprint density at radius 1 is 1.05 bits per heavy atom. The summed E-state index contributed by atoms with van der Waals surface area (Å²) in [7, 11) is 1.77. The summed E-state index contributed by atoms with van der Waals surface area (Å²) >= 11 is 0. The van der Waals surface area contributed by atoms with Crippen molar-refractivity contribution < 1.29 is 4.39 Å². The van der Waals surface area contributed by atoms with Crippen LogP contribution in [0.25, 0.3) is 10.9 Å². The number of rotatable bonds is 3. The number of aryl methyl sites for hydroxylation is 1. The summed E-state index contributed by atoms with van der Waals surface area (Å²) in [5.41, 5.74) is 2.47. The monoisotopic (exact) mass is 282 g/mol. The normalized spacial score (nSPS) is 10.6. The van der Waals surface area contributed by atoms with Gasteiger partial charge < -0.3 is 10.6 Å². The van der Waals surface area contributed by atoms with Crippen LogP contribution in [0.4, 0.5) is 21.8 Å². The number of anilines is 3. The van der Waals surface area contributed by atoms with Crippen molar-refractivity contribution in [2.75, 3.05) is 17.7 Å². The third kappa shape index (κ3) is 2.63. The third-order valence-corrected chi connectivity index (χ3v) is 3.28. The highest BCUT2D eigenvalue weighted by molar-refractivity contribution is 5.91. The van der Waals surface area contributed by atoms with Crippen molar-refractivity contribution in [2.24, 2.45) is 0 Å². The van der Waals surface area contributed by atoms with E-state index in [9.17, 15) is 4.39 Å². The second-order valence-electron chi connectivity index (χ2n) is 4.75. The minimum absolute atomic E-state index is 0.282. The van der Waals surface area contributed by atoms with Gasteiger partial charge in [-0.1, -0.05) is 18.2 Å². The van der Waals surface area contributed by atoms with Crippen molar-refractivity contribution in [1.29, 1.82) is 0 Å². The summed E-state index contributed by atoms with van der Waals surface area (Å²) < 4.78 is 13.4. The molecule has 0 aliphatic carbocycles. The second kappa shape index (κ2) is 5.36. The molecule has 5 heteroatoms. The Morgan fingerprint density at radius 3 is 2.67 bits per heavy atom. The first-order valence-electron chi connectivity index (χ1n) is 6.65. The maximum absolute atomic E-state index is 13.4. The van der Waals surface area contributed by atoms with Gasteiger partial charge in [-0.3, -0.25) is 0 Å². The van der Waals surface area contributed by atoms with Gasteiger partial charge in [-0.05, 0) is 36.8 Å². The molecule has 0 saturated heterocycles. The fourth-order valence-corrected chi connectivity index (χ4v) is 2.14. The Morgan fingerprint density at radius 2 is 1.86 bits per heavy atom. The van der Waals surface area contributed by atoms with Crippen LogP contribution in [0.15, 0.2) is 42.5 Å². The van der Waals surface area contributed by atoms with Gasteiger partial charge in [0.15, 0.2) is 0 Å². The number of halogens is 1. The molecule has 2 N–H and O–H groups in total. The molecule has 0 fully saturated rings. The maximum Gasteiger partial charge on any atom is 0.224 e. The number of hydrogen-bond donors (Lipinski definition) is 2. The molecule has 0 saturated carbocycles. The van der Waals surface area contributed by atoms with Crippen molar-refractivity contribution >= 4 is 28.4 Å². The van der Waals surface area contributed by atoms with E-state index >= 15 is 0 Å². The predicted molar refractivity (Wildman–Crippen MR) is 83.5 cm³/mol. The lowest BCUT2D eigenvalue weighted by Crippen LogP contribution is -2.03. The highest BCUT2D eigenvalue weighted by atomic mass is 19.1. The molecule has 0 atom stereocenters. The molecular formula is C16H15FN4. The van der Waals surface area contributed by atoms with Crippen LogP contribution in [0.1, 0.15) is 5.56 Å². The van der Waals surface area contributed by atoms with Crippen molar-refractivity contribution in [1.82, 2.24) is 9.97 Å². The average Bonchev–Trinajstić information content (AvgIpc) is 2.50. The SMILES string of the molecule is CNc1nc(Nc2cc(F)ccc2C)c2ccccc2n1. The van der Waals surface area contributed by atoms with Crippen LogP contribution < -0.4 is 10.6 Å². The standard InChI is InChI=1S/C16H15FN4/c1-10-7-8-11(17)9-14(10)19-15-12-5-3-4-6-13(12)20-16(18-2)21-15/h3-9H,1-2H3,(H2,18,19,20,21). The Bertz CT molecular complexity index is 801. The molecule has 2 aromatic carbocycles. The van der Waals surface area contributed by atoms with E-state index in [1.54, 1.807) is 13.1 Å². The van der Waals surface area contributed by atoms with E-state index in [0.717, 1.165) is 16.5 Å². The molecule has 0 amide bonds. The van der Waals surface area contributed by atoms with Gasteiger partial charge in [0, 0.05) is 18.1 Å². The molecule has 106 valence electrons. The molecule has 0 unspecified atom stereocenters. The van der Waals surface area contributed by atoms with E-state index in [2.05, 4.69) is 20.6 Å². The Hall–Kier alpha value is -2.69. The van der Waals surface area contributed by atoms with Crippen LogP contribution >= 0.6 is 0 Å². The van der Waals surface area contributed by atoms with Crippen molar-refractivity contribution in [3.05, 3.63) is 53.8 Å². The minimum atomic E-state index is -0.282. The molecule has 0 radical (unpaired) electrons. The first-order chi connectivity index (χ1) is 10.2. The number of para-hydroxylation sites is 1. The second-order valence-corrected chi connectivity index (χ2v) is 4.75. The van der Waals surface area contributed by atoms with Gasteiger partial charge in [-0.15, -0.1) is 0 Å². The summed E-state index contributed by atoms with van der Waals surface area (Å²) in [6, 6.07) is 12.3. The molecule has 0 aliphatic rings. The first kappa shape index (κ1) is 13.3. The summed E-state index contributed by atoms with van der Waals surface area (Å²) in [5, 5.41) is 7.02. The molecule has 3 aromatic rings. The van der Waals surface area contributed by atoms with Gasteiger partial charge in [0.25, 0.3) is 0 Å². The molecule has 1 heterocycles. The highest BCUT2D eigenvalue weighted by Crippen LogP contribution is 2.27. The smallest absolute Gasteiger partial charge is 0.224 e. The zero-order valence-corrected chi connectivity index (χ0v) is 11.8. The van der Waals surface area contributed by atoms with E-state index in [1.165, 1.54) is 12.1 Å². The first-order valence-corrected chi connectivity index (χ1v) is 6.65. The number of fused-ring (bicyclic) bond motifs is 1. The zero-order valence-electron chi connectivity index (χ0n) is 11.8. The van der Waals surface area contributed by atoms with Crippen molar-refractivity contribution in [3.63, 3.8) is 0 Å². The van der Waals surface area contributed by atoms with Gasteiger partial charge in [-0.25, -0.2) is 9.37 Å². The lowest BCUT2D eigenvalue weighted by molar-refractivity contribution is 0.628. The predicted octanol–water partition coefficient (Wildman–Crippen LogP) is 3.86. The quantitative estimate of drug-likeness (QED) is 0.766. The fourth-order valence-electron chi connectivity index (χ4n) is 2.14. The van der Waals surface area contributed by atoms with Crippen molar-refractivity contribution in [3.8, 4) is 0 Å². The minimum Gasteiger partial charge on any atom is -0.357 e. The number of aromatic nitrogens is 2. The Labute approximate surface area is 122 Å². The summed E-state index contributed by atoms with van der Waals surface area (Å²) in [5.74, 6) is 0.888. The highest BCUT2D eigenvalue weighted by Gasteiger charge is 2.08. The van der Waals surface area contributed by atoms with Crippen LogP contribution in [-0.2, 0) is 0 Å². The van der Waals surface area contributed by atoms with E-state index in [4.69, 9.17) is 0 Å². The van der Waals surface area contributed by atoms with Crippen LogP contribution in [0.2, 0.25) is 0 Å². The lowest BCUT2D eigenvalue weighted by atomic mass is 10.2. The lowest BCUT2D eigenvalue weighted by Gasteiger charge is -2.12. The maximum atomic E-state index is 13.4. The number of nitrogens with zero attached hydrogens (tertiary/aromatic N) is 2. The fraction of sp³-hybridized carbons (Fsp3) is 0.125. The summed E-state index contributed by atoms with van der Waals surface area (Å²) in [4.78, 5) is 8.83. The molecule has 4 nitrogen and oxygen atoms in total. The number of nitrogens with one attached hydrogen (secondary N) is 2. The van der Waals surface area contributed by atoms with E-state index in [0.29, 0.717) is 17.5 Å². The molecule has 0 bridgehead atoms. The van der Waals surface area contributed by atoms with Gasteiger partial charge in [0.1, 0.15) is 11.6 Å².